The molecule has 0 spiro atoms. The van der Waals surface area contributed by atoms with Gasteiger partial charge in [0.1, 0.15) is 18.4 Å². The van der Waals surface area contributed by atoms with E-state index in [4.69, 9.17) is 0 Å². The first-order chi connectivity index (χ1) is 17.0. The molecule has 0 unspecified atom stereocenters. The monoisotopic (exact) mass is 520 g/mol. The number of nitrogens with zero attached hydrogens (tertiary/aromatic N) is 3. The van der Waals surface area contributed by atoms with Gasteiger partial charge < -0.3 is 10.2 Å². The van der Waals surface area contributed by atoms with Gasteiger partial charge >= 0.3 is 10.2 Å². The lowest BCUT2D eigenvalue weighted by atomic mass is 10.1. The first kappa shape index (κ1) is 29.3. The lowest BCUT2D eigenvalue weighted by Crippen LogP contribution is -2.55. The molecule has 0 aliphatic rings. The summed E-state index contributed by atoms with van der Waals surface area (Å²) >= 11 is 0. The quantitative estimate of drug-likeness (QED) is 0.439. The van der Waals surface area contributed by atoms with E-state index in [-0.39, 0.29) is 24.2 Å². The predicted octanol–water partition coefficient (Wildman–Crippen LogP) is 3.20. The zero-order valence-electron chi connectivity index (χ0n) is 21.6. The number of nitrogens with one attached hydrogen (secondary N) is 1. The van der Waals surface area contributed by atoms with E-state index in [1.54, 1.807) is 0 Å². The fourth-order valence-electron chi connectivity index (χ4n) is 3.66. The summed E-state index contributed by atoms with van der Waals surface area (Å²) in [6.07, 6.45) is 1.59. The maximum absolute atomic E-state index is 13.7. The van der Waals surface area contributed by atoms with Gasteiger partial charge in [-0.1, -0.05) is 44.2 Å². The van der Waals surface area contributed by atoms with Crippen molar-refractivity contribution in [2.24, 2.45) is 0 Å². The summed E-state index contributed by atoms with van der Waals surface area (Å²) < 4.78 is 41.7. The molecule has 36 heavy (non-hydrogen) atoms. The molecule has 8 nitrogen and oxygen atoms in total. The van der Waals surface area contributed by atoms with Gasteiger partial charge in [-0.05, 0) is 56.0 Å². The number of carbonyl (C=O) groups is 2. The van der Waals surface area contributed by atoms with E-state index in [2.05, 4.69) is 5.32 Å². The van der Waals surface area contributed by atoms with Gasteiger partial charge in [-0.15, -0.1) is 0 Å². The van der Waals surface area contributed by atoms with Crippen LogP contribution in [0.4, 0.5) is 10.1 Å². The average molecular weight is 521 g/mol. The highest BCUT2D eigenvalue weighted by atomic mass is 32.2. The summed E-state index contributed by atoms with van der Waals surface area (Å²) in [6.45, 7) is 5.36. The van der Waals surface area contributed by atoms with Crippen molar-refractivity contribution in [3.05, 3.63) is 66.0 Å². The third kappa shape index (κ3) is 7.76. The zero-order chi connectivity index (χ0) is 26.9. The van der Waals surface area contributed by atoms with E-state index in [9.17, 15) is 22.4 Å². The largest absolute Gasteiger partial charge is 0.352 e. The highest BCUT2D eigenvalue weighted by molar-refractivity contribution is 7.90. The van der Waals surface area contributed by atoms with Crippen LogP contribution in [-0.4, -0.2) is 68.7 Å². The van der Waals surface area contributed by atoms with Gasteiger partial charge in [0.05, 0.1) is 5.69 Å². The zero-order valence-corrected chi connectivity index (χ0v) is 22.5. The fourth-order valence-corrected chi connectivity index (χ4v) is 4.72. The van der Waals surface area contributed by atoms with Crippen LogP contribution in [0.25, 0.3) is 0 Å². The van der Waals surface area contributed by atoms with Crippen LogP contribution in [0, 0.1) is 5.82 Å². The molecule has 0 aliphatic carbocycles. The molecule has 10 heteroatoms. The third-order valence-electron chi connectivity index (χ3n) is 6.00. The Morgan fingerprint density at radius 3 is 2.11 bits per heavy atom. The molecule has 0 heterocycles. The molecule has 1 N–H and O–H groups in total. The Morgan fingerprint density at radius 1 is 0.972 bits per heavy atom. The summed E-state index contributed by atoms with van der Waals surface area (Å²) in [6, 6.07) is 13.6. The summed E-state index contributed by atoms with van der Waals surface area (Å²) in [5.74, 6) is -1.33. The van der Waals surface area contributed by atoms with Gasteiger partial charge in [-0.3, -0.25) is 9.59 Å². The van der Waals surface area contributed by atoms with Gasteiger partial charge in [0.2, 0.25) is 11.8 Å². The van der Waals surface area contributed by atoms with Crippen molar-refractivity contribution in [2.75, 3.05) is 31.5 Å². The second-order valence-electron chi connectivity index (χ2n) is 8.84. The Balaban J connectivity index is 2.42. The summed E-state index contributed by atoms with van der Waals surface area (Å²) in [5.41, 5.74) is 1.14. The second kappa shape index (κ2) is 13.4. The Kier molecular flexibility index (Phi) is 10.9. The van der Waals surface area contributed by atoms with Crippen molar-refractivity contribution in [1.82, 2.24) is 14.5 Å². The normalized spacial score (nSPS) is 13.2. The van der Waals surface area contributed by atoms with Crippen molar-refractivity contribution in [3.8, 4) is 0 Å². The molecule has 2 rings (SSSR count). The maximum atomic E-state index is 13.7. The molecule has 2 aromatic carbocycles. The molecule has 0 saturated heterocycles. The number of rotatable bonds is 13. The molecule has 0 saturated carbocycles. The van der Waals surface area contributed by atoms with Crippen molar-refractivity contribution >= 4 is 27.7 Å². The highest BCUT2D eigenvalue weighted by Crippen LogP contribution is 2.21. The number of amides is 2. The Bertz CT molecular complexity index is 1090. The van der Waals surface area contributed by atoms with E-state index in [0.29, 0.717) is 12.8 Å². The topological polar surface area (TPSA) is 90.0 Å². The van der Waals surface area contributed by atoms with Gasteiger partial charge in [-0.25, -0.2) is 8.70 Å². The van der Waals surface area contributed by atoms with Crippen LogP contribution >= 0.6 is 0 Å². The molecule has 2 amide bonds. The molecule has 0 radical (unpaired) electrons. The summed E-state index contributed by atoms with van der Waals surface area (Å²) in [4.78, 5) is 28.3. The van der Waals surface area contributed by atoms with Crippen LogP contribution in [0.5, 0.6) is 0 Å². The number of hydrogen-bond acceptors (Lipinski definition) is 4. The van der Waals surface area contributed by atoms with Crippen LogP contribution in [0.1, 0.15) is 39.2 Å². The molecular weight excluding hydrogens is 483 g/mol. The Morgan fingerprint density at radius 2 is 1.58 bits per heavy atom. The van der Waals surface area contributed by atoms with Crippen molar-refractivity contribution < 1.29 is 22.4 Å². The van der Waals surface area contributed by atoms with Crippen LogP contribution in [0.3, 0.4) is 0 Å². The maximum Gasteiger partial charge on any atom is 0.304 e. The molecular formula is C26H37FN4O4S. The number of anilines is 1. The van der Waals surface area contributed by atoms with Crippen LogP contribution in [0.15, 0.2) is 54.6 Å². The smallest absolute Gasteiger partial charge is 0.304 e. The SMILES string of the molecule is CC[C@H](C)NC(=O)[C@H](CC)N(CCc1ccccc1)C(=O)CN(c1ccc(F)cc1)S(=O)(=O)N(C)C. The van der Waals surface area contributed by atoms with Gasteiger partial charge in [0.25, 0.3) is 0 Å². The summed E-state index contributed by atoms with van der Waals surface area (Å²) in [5, 5.41) is 2.94. The number of benzene rings is 2. The van der Waals surface area contributed by atoms with Gasteiger partial charge in [-0.2, -0.15) is 12.7 Å². The van der Waals surface area contributed by atoms with E-state index in [1.165, 1.54) is 31.1 Å². The second-order valence-corrected chi connectivity index (χ2v) is 10.9. The highest BCUT2D eigenvalue weighted by Gasteiger charge is 2.33. The molecule has 0 aliphatic heterocycles. The van der Waals surface area contributed by atoms with Crippen LogP contribution in [0.2, 0.25) is 0 Å². The van der Waals surface area contributed by atoms with Crippen molar-refractivity contribution in [3.63, 3.8) is 0 Å². The first-order valence-electron chi connectivity index (χ1n) is 12.1. The lowest BCUT2D eigenvalue weighted by Gasteiger charge is -2.34. The van der Waals surface area contributed by atoms with Crippen LogP contribution < -0.4 is 9.62 Å². The van der Waals surface area contributed by atoms with Crippen LogP contribution in [-0.2, 0) is 26.2 Å². The first-order valence-corrected chi connectivity index (χ1v) is 13.5. The van der Waals surface area contributed by atoms with E-state index in [1.807, 2.05) is 51.1 Å². The standard InChI is InChI=1S/C26H37FN4O4S/c1-6-20(3)28-26(33)24(7-2)30(18-17-21-11-9-8-10-12-21)25(32)19-31(36(34,35)29(4)5)23-15-13-22(27)14-16-23/h8-16,20,24H,6-7,17-19H2,1-5H3,(H,28,33)/t20-,24-/m0/s1. The number of carbonyl (C=O) groups excluding carboxylic acids is 2. The molecule has 0 fully saturated rings. The van der Waals surface area contributed by atoms with E-state index >= 15 is 0 Å². The van der Waals surface area contributed by atoms with Gasteiger partial charge in [0, 0.05) is 26.7 Å². The molecule has 0 aromatic heterocycles. The number of hydrogen-bond donors (Lipinski definition) is 1. The fraction of sp³-hybridized carbons (Fsp3) is 0.462. The van der Waals surface area contributed by atoms with E-state index in [0.717, 1.165) is 32.7 Å². The Hall–Kier alpha value is -2.98. The van der Waals surface area contributed by atoms with Crippen molar-refractivity contribution in [1.29, 1.82) is 0 Å². The van der Waals surface area contributed by atoms with Crippen molar-refractivity contribution in [2.45, 2.75) is 52.1 Å². The average Bonchev–Trinajstić information content (AvgIpc) is 2.85. The van der Waals surface area contributed by atoms with E-state index < -0.39 is 34.5 Å². The minimum Gasteiger partial charge on any atom is -0.352 e. The predicted molar refractivity (Wildman–Crippen MR) is 140 cm³/mol. The minimum absolute atomic E-state index is 0.0672. The molecule has 2 atom stereocenters. The molecule has 2 aromatic rings. The summed E-state index contributed by atoms with van der Waals surface area (Å²) in [7, 11) is -1.36. The Labute approximate surface area is 214 Å². The number of halogens is 1. The molecule has 0 bridgehead atoms. The molecule has 198 valence electrons. The third-order valence-corrected chi connectivity index (χ3v) is 7.82. The lowest BCUT2D eigenvalue weighted by molar-refractivity contribution is -0.139. The minimum atomic E-state index is -4.08. The van der Waals surface area contributed by atoms with Gasteiger partial charge in [0.15, 0.2) is 0 Å².